The Morgan fingerprint density at radius 1 is 1.60 bits per heavy atom. The van der Waals surface area contributed by atoms with Gasteiger partial charge in [0.05, 0.1) is 6.21 Å². The summed E-state index contributed by atoms with van der Waals surface area (Å²) in [7, 11) is 0. The van der Waals surface area contributed by atoms with E-state index in [2.05, 4.69) is 4.99 Å². The van der Waals surface area contributed by atoms with Gasteiger partial charge >= 0.3 is 0 Å². The quantitative estimate of drug-likeness (QED) is 0.578. The van der Waals surface area contributed by atoms with Crippen LogP contribution in [0.1, 0.15) is 13.8 Å². The summed E-state index contributed by atoms with van der Waals surface area (Å²) in [6.07, 6.45) is 4.42. The van der Waals surface area contributed by atoms with Gasteiger partial charge in [-0.2, -0.15) is 0 Å². The number of aliphatic hydroxyl groups is 1. The number of aliphatic hydroxyl groups excluding tert-OH is 1. The van der Waals surface area contributed by atoms with Gasteiger partial charge in [-0.1, -0.05) is 0 Å². The highest BCUT2D eigenvalue weighted by atomic mass is 16.3. The summed E-state index contributed by atoms with van der Waals surface area (Å²) < 4.78 is 0. The number of aliphatic imine (C=N–C) groups is 1. The van der Waals surface area contributed by atoms with Crippen LogP contribution in [0.25, 0.3) is 0 Å². The van der Waals surface area contributed by atoms with Gasteiger partial charge in [-0.3, -0.25) is 4.99 Å². The smallest absolute Gasteiger partial charge is 0.163 e. The van der Waals surface area contributed by atoms with Crippen LogP contribution in [0.5, 0.6) is 0 Å². The maximum atomic E-state index is 9.26. The molecule has 0 aromatic heterocycles. The first-order chi connectivity index (χ1) is 4.72. The molecule has 0 saturated carbocycles. The molecule has 1 unspecified atom stereocenters. The highest BCUT2D eigenvalue weighted by Crippen LogP contribution is 2.05. The maximum absolute atomic E-state index is 9.26. The van der Waals surface area contributed by atoms with Crippen LogP contribution in [0.4, 0.5) is 0 Å². The summed E-state index contributed by atoms with van der Waals surface area (Å²) in [4.78, 5) is 5.62. The third-order valence-electron chi connectivity index (χ3n) is 1.45. The van der Waals surface area contributed by atoms with Gasteiger partial charge in [-0.05, 0) is 13.8 Å². The fourth-order valence-electron chi connectivity index (χ4n) is 0.885. The number of nitrogens with zero attached hydrogens (tertiary/aromatic N) is 2. The summed E-state index contributed by atoms with van der Waals surface area (Å²) in [5, 5.41) is 9.26. The van der Waals surface area contributed by atoms with E-state index in [0.717, 1.165) is 0 Å². The van der Waals surface area contributed by atoms with Gasteiger partial charge in [-0.25, -0.2) is 0 Å². The van der Waals surface area contributed by atoms with Gasteiger partial charge in [-0.15, -0.1) is 0 Å². The average molecular weight is 140 g/mol. The molecule has 1 heterocycles. The molecule has 1 aliphatic rings. The van der Waals surface area contributed by atoms with E-state index in [9.17, 15) is 5.11 Å². The second kappa shape index (κ2) is 2.84. The lowest BCUT2D eigenvalue weighted by Gasteiger charge is -2.29. The van der Waals surface area contributed by atoms with Gasteiger partial charge in [0.1, 0.15) is 0 Å². The first kappa shape index (κ1) is 7.28. The minimum Gasteiger partial charge on any atom is -0.368 e. The minimum absolute atomic E-state index is 0.318. The molecule has 1 N–H and O–H groups in total. The summed E-state index contributed by atoms with van der Waals surface area (Å²) >= 11 is 0. The summed E-state index contributed by atoms with van der Waals surface area (Å²) in [6, 6.07) is 0.318. The predicted octanol–water partition coefficient (Wildman–Crippen LogP) is 0.571. The molecule has 0 aliphatic carbocycles. The lowest BCUT2D eigenvalue weighted by Crippen LogP contribution is -2.38. The Morgan fingerprint density at radius 3 is 2.70 bits per heavy atom. The van der Waals surface area contributed by atoms with Crippen molar-refractivity contribution in [3.8, 4) is 0 Å². The molecule has 1 rings (SSSR count). The van der Waals surface area contributed by atoms with Crippen LogP contribution in [-0.2, 0) is 0 Å². The predicted molar refractivity (Wildman–Crippen MR) is 40.6 cm³/mol. The van der Waals surface area contributed by atoms with Crippen LogP contribution in [0, 0.1) is 0 Å². The molecule has 1 atom stereocenters. The molecule has 10 heavy (non-hydrogen) atoms. The van der Waals surface area contributed by atoms with E-state index >= 15 is 0 Å². The molecular formula is C7H12N2O. The van der Waals surface area contributed by atoms with E-state index in [-0.39, 0.29) is 0 Å². The minimum atomic E-state index is -0.551. The summed E-state index contributed by atoms with van der Waals surface area (Å²) in [6.45, 7) is 4.04. The maximum Gasteiger partial charge on any atom is 0.163 e. The molecule has 0 amide bonds. The Bertz CT molecular complexity index is 163. The molecule has 0 saturated heterocycles. The van der Waals surface area contributed by atoms with Gasteiger partial charge in [0, 0.05) is 18.4 Å². The van der Waals surface area contributed by atoms with Gasteiger partial charge in [0.15, 0.2) is 6.23 Å². The lowest BCUT2D eigenvalue weighted by atomic mass is 10.3. The normalized spacial score (nSPS) is 24.4. The lowest BCUT2D eigenvalue weighted by molar-refractivity contribution is 0.0763. The zero-order valence-electron chi connectivity index (χ0n) is 6.23. The van der Waals surface area contributed by atoms with Gasteiger partial charge < -0.3 is 10.0 Å². The highest BCUT2D eigenvalue weighted by Gasteiger charge is 2.13. The van der Waals surface area contributed by atoms with Crippen LogP contribution < -0.4 is 0 Å². The molecule has 3 heteroatoms. The van der Waals surface area contributed by atoms with Crippen molar-refractivity contribution in [1.29, 1.82) is 0 Å². The fraction of sp³-hybridized carbons (Fsp3) is 0.571. The SMILES string of the molecule is CC(C)N1C=CN=CC1O. The largest absolute Gasteiger partial charge is 0.368 e. The topological polar surface area (TPSA) is 35.8 Å². The molecular weight excluding hydrogens is 128 g/mol. The molecule has 1 aliphatic heterocycles. The van der Waals surface area contributed by atoms with E-state index in [4.69, 9.17) is 0 Å². The Kier molecular flexibility index (Phi) is 2.06. The van der Waals surface area contributed by atoms with E-state index in [0.29, 0.717) is 6.04 Å². The van der Waals surface area contributed by atoms with Crippen molar-refractivity contribution in [3.05, 3.63) is 12.4 Å². The standard InChI is InChI=1S/C7H12N2O/c1-6(2)9-4-3-8-5-7(9)10/h3-7,10H,1-2H3. The zero-order valence-corrected chi connectivity index (χ0v) is 6.23. The van der Waals surface area contributed by atoms with Crippen LogP contribution in [0.2, 0.25) is 0 Å². The van der Waals surface area contributed by atoms with Crippen LogP contribution in [0.3, 0.4) is 0 Å². The molecule has 0 aromatic carbocycles. The van der Waals surface area contributed by atoms with Crippen molar-refractivity contribution in [2.24, 2.45) is 4.99 Å². The Balaban J connectivity index is 2.61. The van der Waals surface area contributed by atoms with Crippen LogP contribution in [0.15, 0.2) is 17.4 Å². The third kappa shape index (κ3) is 1.36. The fourth-order valence-corrected chi connectivity index (χ4v) is 0.885. The first-order valence-electron chi connectivity index (χ1n) is 3.37. The zero-order chi connectivity index (χ0) is 7.56. The summed E-state index contributed by atoms with van der Waals surface area (Å²) in [5.74, 6) is 0. The molecule has 0 bridgehead atoms. The molecule has 0 fully saturated rings. The van der Waals surface area contributed by atoms with E-state index < -0.39 is 6.23 Å². The van der Waals surface area contributed by atoms with Gasteiger partial charge in [0.25, 0.3) is 0 Å². The van der Waals surface area contributed by atoms with Crippen molar-refractivity contribution >= 4 is 6.21 Å². The summed E-state index contributed by atoms with van der Waals surface area (Å²) in [5.41, 5.74) is 0. The van der Waals surface area contributed by atoms with Crippen molar-refractivity contribution in [3.63, 3.8) is 0 Å². The van der Waals surface area contributed by atoms with Crippen LogP contribution in [-0.4, -0.2) is 28.5 Å². The highest BCUT2D eigenvalue weighted by molar-refractivity contribution is 5.64. The second-order valence-corrected chi connectivity index (χ2v) is 2.55. The van der Waals surface area contributed by atoms with E-state index in [1.54, 1.807) is 12.4 Å². The number of hydrogen-bond donors (Lipinski definition) is 1. The Morgan fingerprint density at radius 2 is 2.30 bits per heavy atom. The first-order valence-corrected chi connectivity index (χ1v) is 3.37. The molecule has 3 nitrogen and oxygen atoms in total. The van der Waals surface area contributed by atoms with Crippen molar-refractivity contribution in [2.45, 2.75) is 26.1 Å². The Hall–Kier alpha value is -0.830. The van der Waals surface area contributed by atoms with Crippen molar-refractivity contribution in [2.75, 3.05) is 0 Å². The molecule has 0 spiro atoms. The molecule has 56 valence electrons. The average Bonchev–Trinajstić information content (AvgIpc) is 1.88. The molecule has 0 aromatic rings. The number of hydrogen-bond acceptors (Lipinski definition) is 3. The second-order valence-electron chi connectivity index (χ2n) is 2.55. The number of rotatable bonds is 1. The monoisotopic (exact) mass is 140 g/mol. The third-order valence-corrected chi connectivity index (χ3v) is 1.45. The van der Waals surface area contributed by atoms with Crippen molar-refractivity contribution < 1.29 is 5.11 Å². The van der Waals surface area contributed by atoms with Crippen molar-refractivity contribution in [1.82, 2.24) is 4.90 Å². The van der Waals surface area contributed by atoms with Gasteiger partial charge in [0.2, 0.25) is 0 Å². The van der Waals surface area contributed by atoms with E-state index in [1.807, 2.05) is 18.7 Å². The Labute approximate surface area is 60.7 Å². The molecule has 0 radical (unpaired) electrons. The van der Waals surface area contributed by atoms with Crippen LogP contribution >= 0.6 is 0 Å². The van der Waals surface area contributed by atoms with E-state index in [1.165, 1.54) is 6.21 Å².